The first-order chi connectivity index (χ1) is 7.31. The molecule has 1 atom stereocenters. The van der Waals surface area contributed by atoms with Crippen LogP contribution in [0, 0.1) is 0 Å². The van der Waals surface area contributed by atoms with E-state index in [4.69, 9.17) is 22.2 Å². The highest BCUT2D eigenvalue weighted by Crippen LogP contribution is 2.31. The predicted octanol–water partition coefficient (Wildman–Crippen LogP) is 2.23. The summed E-state index contributed by atoms with van der Waals surface area (Å²) in [4.78, 5) is 4.56. The molecule has 2 rings (SSSR count). The van der Waals surface area contributed by atoms with Gasteiger partial charge in [0.15, 0.2) is 0 Å². The summed E-state index contributed by atoms with van der Waals surface area (Å²) in [5.74, 6) is 5.44. The molecule has 1 aliphatic rings. The maximum absolute atomic E-state index is 6.19. The highest BCUT2D eigenvalue weighted by atomic mass is 35.5. The van der Waals surface area contributed by atoms with E-state index in [9.17, 15) is 0 Å². The van der Waals surface area contributed by atoms with Crippen molar-refractivity contribution in [2.75, 3.05) is 13.2 Å². The van der Waals surface area contributed by atoms with Gasteiger partial charge in [-0.15, -0.1) is 0 Å². The molecule has 0 saturated carbocycles. The van der Waals surface area contributed by atoms with Gasteiger partial charge in [-0.1, -0.05) is 23.7 Å². The number of hydrogen-bond acceptors (Lipinski definition) is 3. The lowest BCUT2D eigenvalue weighted by Crippen LogP contribution is -2.02. The van der Waals surface area contributed by atoms with Crippen LogP contribution >= 0.6 is 11.6 Å². The monoisotopic (exact) mass is 227 g/mol. The molecule has 1 aliphatic heterocycles. The fraction of sp³-hybridized carbons (Fsp3) is 0.455. The van der Waals surface area contributed by atoms with Gasteiger partial charge in [-0.2, -0.15) is 0 Å². The van der Waals surface area contributed by atoms with Crippen molar-refractivity contribution in [1.82, 2.24) is 0 Å². The summed E-state index contributed by atoms with van der Waals surface area (Å²) in [7, 11) is 0. The normalized spacial score (nSPS) is 20.8. The maximum atomic E-state index is 6.19. The molecule has 82 valence electrons. The zero-order valence-electron chi connectivity index (χ0n) is 8.41. The van der Waals surface area contributed by atoms with Gasteiger partial charge in [-0.05, 0) is 23.6 Å². The second kappa shape index (κ2) is 4.94. The molecule has 0 aliphatic carbocycles. The summed E-state index contributed by atoms with van der Waals surface area (Å²) < 4.78 is 5.34. The van der Waals surface area contributed by atoms with Crippen LogP contribution in [-0.4, -0.2) is 13.2 Å². The molecule has 0 spiro atoms. The van der Waals surface area contributed by atoms with Crippen LogP contribution in [0.4, 0.5) is 0 Å². The van der Waals surface area contributed by atoms with Crippen molar-refractivity contribution in [3.63, 3.8) is 0 Å². The van der Waals surface area contributed by atoms with Crippen molar-refractivity contribution >= 4 is 11.6 Å². The van der Waals surface area contributed by atoms with Crippen LogP contribution in [0.2, 0.25) is 5.02 Å². The molecule has 0 radical (unpaired) electrons. The SMILES string of the molecule is NOCc1ccc(C2CCOC2)c(Cl)c1. The summed E-state index contributed by atoms with van der Waals surface area (Å²) in [6.45, 7) is 1.99. The third-order valence-corrected chi connectivity index (χ3v) is 3.01. The van der Waals surface area contributed by atoms with Gasteiger partial charge in [0, 0.05) is 17.5 Å². The molecular formula is C11H14ClNO2. The average molecular weight is 228 g/mol. The molecule has 0 bridgehead atoms. The van der Waals surface area contributed by atoms with Gasteiger partial charge < -0.3 is 4.74 Å². The summed E-state index contributed by atoms with van der Waals surface area (Å²) in [6.07, 6.45) is 1.05. The van der Waals surface area contributed by atoms with Crippen LogP contribution in [0.5, 0.6) is 0 Å². The van der Waals surface area contributed by atoms with Crippen LogP contribution in [0.1, 0.15) is 23.5 Å². The molecule has 1 fully saturated rings. The Hall–Kier alpha value is -0.610. The molecule has 3 nitrogen and oxygen atoms in total. The zero-order chi connectivity index (χ0) is 10.7. The van der Waals surface area contributed by atoms with Crippen LogP contribution < -0.4 is 5.90 Å². The Balaban J connectivity index is 2.18. The molecule has 0 aromatic heterocycles. The van der Waals surface area contributed by atoms with Gasteiger partial charge in [0.05, 0.1) is 13.2 Å². The Morgan fingerprint density at radius 1 is 1.53 bits per heavy atom. The summed E-state index contributed by atoms with van der Waals surface area (Å²) in [5.41, 5.74) is 2.15. The van der Waals surface area contributed by atoms with E-state index < -0.39 is 0 Å². The van der Waals surface area contributed by atoms with Gasteiger partial charge in [-0.25, -0.2) is 5.90 Å². The number of benzene rings is 1. The molecule has 1 heterocycles. The lowest BCUT2D eigenvalue weighted by atomic mass is 9.97. The van der Waals surface area contributed by atoms with E-state index in [2.05, 4.69) is 4.84 Å². The second-order valence-electron chi connectivity index (χ2n) is 3.73. The number of rotatable bonds is 3. The fourth-order valence-corrected chi connectivity index (χ4v) is 2.22. The van der Waals surface area contributed by atoms with Crippen LogP contribution in [0.3, 0.4) is 0 Å². The van der Waals surface area contributed by atoms with Crippen LogP contribution in [-0.2, 0) is 16.2 Å². The van der Waals surface area contributed by atoms with Gasteiger partial charge in [0.2, 0.25) is 0 Å². The minimum Gasteiger partial charge on any atom is -0.381 e. The van der Waals surface area contributed by atoms with Crippen LogP contribution in [0.25, 0.3) is 0 Å². The van der Waals surface area contributed by atoms with E-state index in [0.717, 1.165) is 35.8 Å². The minimum atomic E-state index is 0.390. The van der Waals surface area contributed by atoms with Crippen LogP contribution in [0.15, 0.2) is 18.2 Å². The van der Waals surface area contributed by atoms with Gasteiger partial charge in [-0.3, -0.25) is 4.84 Å². The van der Waals surface area contributed by atoms with E-state index in [0.29, 0.717) is 12.5 Å². The van der Waals surface area contributed by atoms with E-state index in [-0.39, 0.29) is 0 Å². The van der Waals surface area contributed by atoms with Crippen molar-refractivity contribution < 1.29 is 9.57 Å². The van der Waals surface area contributed by atoms with E-state index >= 15 is 0 Å². The Bertz CT molecular complexity index is 337. The number of ether oxygens (including phenoxy) is 1. The fourth-order valence-electron chi connectivity index (χ4n) is 1.87. The highest BCUT2D eigenvalue weighted by Gasteiger charge is 2.20. The first-order valence-electron chi connectivity index (χ1n) is 4.99. The quantitative estimate of drug-likeness (QED) is 0.806. The largest absolute Gasteiger partial charge is 0.381 e. The minimum absolute atomic E-state index is 0.390. The maximum Gasteiger partial charge on any atom is 0.0930 e. The van der Waals surface area contributed by atoms with E-state index in [1.165, 1.54) is 0 Å². The topological polar surface area (TPSA) is 44.5 Å². The zero-order valence-corrected chi connectivity index (χ0v) is 9.17. The molecule has 15 heavy (non-hydrogen) atoms. The molecule has 4 heteroatoms. The smallest absolute Gasteiger partial charge is 0.0930 e. The van der Waals surface area contributed by atoms with Gasteiger partial charge >= 0.3 is 0 Å². The summed E-state index contributed by atoms with van der Waals surface area (Å²) in [5, 5.41) is 0.778. The number of halogens is 1. The molecule has 2 N–H and O–H groups in total. The van der Waals surface area contributed by atoms with Crippen molar-refractivity contribution in [3.8, 4) is 0 Å². The number of hydrogen-bond donors (Lipinski definition) is 1. The predicted molar refractivity (Wildman–Crippen MR) is 58.6 cm³/mol. The Kier molecular flexibility index (Phi) is 3.59. The lowest BCUT2D eigenvalue weighted by molar-refractivity contribution is 0.124. The first kappa shape index (κ1) is 10.9. The lowest BCUT2D eigenvalue weighted by Gasteiger charge is -2.11. The standard InChI is InChI=1S/C11H14ClNO2/c12-11-5-8(6-15-13)1-2-10(11)9-3-4-14-7-9/h1-2,5,9H,3-4,6-7,13H2. The first-order valence-corrected chi connectivity index (χ1v) is 5.37. The summed E-state index contributed by atoms with van der Waals surface area (Å²) in [6, 6.07) is 5.94. The summed E-state index contributed by atoms with van der Waals surface area (Å²) >= 11 is 6.19. The van der Waals surface area contributed by atoms with Gasteiger partial charge in [0.1, 0.15) is 0 Å². The third kappa shape index (κ3) is 2.49. The molecule has 1 aromatic carbocycles. The average Bonchev–Trinajstić information content (AvgIpc) is 2.71. The van der Waals surface area contributed by atoms with E-state index in [1.807, 2.05) is 18.2 Å². The highest BCUT2D eigenvalue weighted by molar-refractivity contribution is 6.31. The molecule has 1 saturated heterocycles. The number of nitrogens with two attached hydrogens (primary N) is 1. The van der Waals surface area contributed by atoms with Crippen molar-refractivity contribution in [2.24, 2.45) is 5.90 Å². The molecular weight excluding hydrogens is 214 g/mol. The van der Waals surface area contributed by atoms with E-state index in [1.54, 1.807) is 0 Å². The Labute approximate surface area is 94.1 Å². The Morgan fingerprint density at radius 3 is 3.00 bits per heavy atom. The second-order valence-corrected chi connectivity index (χ2v) is 4.13. The molecule has 1 unspecified atom stereocenters. The van der Waals surface area contributed by atoms with Crippen molar-refractivity contribution in [2.45, 2.75) is 18.9 Å². The molecule has 0 amide bonds. The van der Waals surface area contributed by atoms with Gasteiger partial charge in [0.25, 0.3) is 0 Å². The third-order valence-electron chi connectivity index (χ3n) is 2.68. The Morgan fingerprint density at radius 2 is 2.40 bits per heavy atom. The van der Waals surface area contributed by atoms with Crippen molar-refractivity contribution in [1.29, 1.82) is 0 Å². The van der Waals surface area contributed by atoms with Crippen molar-refractivity contribution in [3.05, 3.63) is 34.3 Å². The molecule has 1 aromatic rings.